The minimum absolute atomic E-state index is 0.0911. The van der Waals surface area contributed by atoms with Crippen molar-refractivity contribution in [3.05, 3.63) is 28.8 Å². The predicted molar refractivity (Wildman–Crippen MR) is 68.2 cm³/mol. The Morgan fingerprint density at radius 1 is 1.29 bits per heavy atom. The van der Waals surface area contributed by atoms with Crippen LogP contribution in [0.1, 0.15) is 23.1 Å². The van der Waals surface area contributed by atoms with Crippen LogP contribution < -0.4 is 5.32 Å². The highest BCUT2D eigenvalue weighted by atomic mass is 16.5. The molecule has 0 saturated carbocycles. The lowest BCUT2D eigenvalue weighted by Crippen LogP contribution is -2.31. The van der Waals surface area contributed by atoms with E-state index in [2.05, 4.69) is 24.4 Å². The Hall–Kier alpha value is -1.35. The van der Waals surface area contributed by atoms with Crippen LogP contribution in [0, 0.1) is 26.7 Å². The standard InChI is InChI=1S/C14H19NO2/c1-9-4-10(2)14(11(3)5-9)15-13(16)6-12-7-17-8-12/h4-5,12H,6-8H2,1-3H3,(H,15,16). The minimum Gasteiger partial charge on any atom is -0.381 e. The highest BCUT2D eigenvalue weighted by Crippen LogP contribution is 2.23. The molecular formula is C14H19NO2. The van der Waals surface area contributed by atoms with E-state index in [1.165, 1.54) is 5.56 Å². The number of aryl methyl sites for hydroxylation is 3. The van der Waals surface area contributed by atoms with Crippen molar-refractivity contribution in [3.8, 4) is 0 Å². The van der Waals surface area contributed by atoms with E-state index in [1.54, 1.807) is 0 Å². The van der Waals surface area contributed by atoms with E-state index in [1.807, 2.05) is 13.8 Å². The molecule has 3 nitrogen and oxygen atoms in total. The van der Waals surface area contributed by atoms with Crippen LogP contribution >= 0.6 is 0 Å². The molecule has 0 unspecified atom stereocenters. The SMILES string of the molecule is Cc1cc(C)c(NC(=O)CC2COC2)c(C)c1. The van der Waals surface area contributed by atoms with Crippen molar-refractivity contribution in [2.24, 2.45) is 5.92 Å². The molecule has 0 bridgehead atoms. The molecule has 0 atom stereocenters. The lowest BCUT2D eigenvalue weighted by Gasteiger charge is -2.25. The van der Waals surface area contributed by atoms with Crippen LogP contribution in [0.4, 0.5) is 5.69 Å². The van der Waals surface area contributed by atoms with E-state index < -0.39 is 0 Å². The van der Waals surface area contributed by atoms with Crippen LogP contribution in [-0.4, -0.2) is 19.1 Å². The first-order valence-electron chi connectivity index (χ1n) is 6.01. The van der Waals surface area contributed by atoms with Gasteiger partial charge in [-0.3, -0.25) is 4.79 Å². The first-order valence-corrected chi connectivity index (χ1v) is 6.01. The van der Waals surface area contributed by atoms with E-state index in [0.29, 0.717) is 12.3 Å². The highest BCUT2D eigenvalue weighted by molar-refractivity contribution is 5.92. The van der Waals surface area contributed by atoms with Crippen LogP contribution in [0.2, 0.25) is 0 Å². The summed E-state index contributed by atoms with van der Waals surface area (Å²) in [6, 6.07) is 4.18. The summed E-state index contributed by atoms with van der Waals surface area (Å²) in [5.74, 6) is 0.495. The fourth-order valence-corrected chi connectivity index (χ4v) is 2.23. The molecule has 3 heteroatoms. The zero-order chi connectivity index (χ0) is 12.4. The second-order valence-corrected chi connectivity index (χ2v) is 4.93. The van der Waals surface area contributed by atoms with Crippen LogP contribution in [-0.2, 0) is 9.53 Å². The molecule has 0 radical (unpaired) electrons. The number of anilines is 1. The number of ether oxygens (including phenoxy) is 1. The molecule has 0 spiro atoms. The van der Waals surface area contributed by atoms with Gasteiger partial charge in [0.15, 0.2) is 0 Å². The van der Waals surface area contributed by atoms with Gasteiger partial charge in [0.05, 0.1) is 13.2 Å². The van der Waals surface area contributed by atoms with Crippen molar-refractivity contribution < 1.29 is 9.53 Å². The Kier molecular flexibility index (Phi) is 3.48. The summed E-state index contributed by atoms with van der Waals surface area (Å²) in [6.45, 7) is 7.57. The average molecular weight is 233 g/mol. The normalized spacial score (nSPS) is 15.5. The monoisotopic (exact) mass is 233 g/mol. The van der Waals surface area contributed by atoms with Gasteiger partial charge >= 0.3 is 0 Å². The van der Waals surface area contributed by atoms with Crippen molar-refractivity contribution in [1.29, 1.82) is 0 Å². The van der Waals surface area contributed by atoms with Gasteiger partial charge in [-0.2, -0.15) is 0 Å². The van der Waals surface area contributed by atoms with Gasteiger partial charge in [0.1, 0.15) is 0 Å². The van der Waals surface area contributed by atoms with E-state index in [-0.39, 0.29) is 5.91 Å². The summed E-state index contributed by atoms with van der Waals surface area (Å²) in [7, 11) is 0. The number of amides is 1. The summed E-state index contributed by atoms with van der Waals surface area (Å²) >= 11 is 0. The first-order chi connectivity index (χ1) is 8.06. The van der Waals surface area contributed by atoms with Crippen molar-refractivity contribution in [2.75, 3.05) is 18.5 Å². The third-order valence-corrected chi connectivity index (χ3v) is 3.12. The van der Waals surface area contributed by atoms with Gasteiger partial charge in [-0.05, 0) is 31.9 Å². The maximum atomic E-state index is 11.8. The molecule has 1 fully saturated rings. The number of carbonyl (C=O) groups excluding carboxylic acids is 1. The summed E-state index contributed by atoms with van der Waals surface area (Å²) in [5.41, 5.74) is 4.44. The topological polar surface area (TPSA) is 38.3 Å². The highest BCUT2D eigenvalue weighted by Gasteiger charge is 2.22. The van der Waals surface area contributed by atoms with Crippen molar-refractivity contribution in [3.63, 3.8) is 0 Å². The fourth-order valence-electron chi connectivity index (χ4n) is 2.23. The van der Waals surface area contributed by atoms with E-state index in [9.17, 15) is 4.79 Å². The summed E-state index contributed by atoms with van der Waals surface area (Å²) in [4.78, 5) is 11.8. The zero-order valence-electron chi connectivity index (χ0n) is 10.7. The summed E-state index contributed by atoms with van der Waals surface area (Å²) < 4.78 is 5.07. The van der Waals surface area contributed by atoms with Gasteiger partial charge in [0.2, 0.25) is 5.91 Å². The second kappa shape index (κ2) is 4.88. The number of hydrogen-bond donors (Lipinski definition) is 1. The molecule has 0 aliphatic carbocycles. The third-order valence-electron chi connectivity index (χ3n) is 3.12. The molecule has 1 aromatic rings. The third kappa shape index (κ3) is 2.86. The Morgan fingerprint density at radius 3 is 2.35 bits per heavy atom. The lowest BCUT2D eigenvalue weighted by molar-refractivity contribution is -0.121. The molecule has 1 amide bonds. The largest absolute Gasteiger partial charge is 0.381 e. The van der Waals surface area contributed by atoms with Gasteiger partial charge in [-0.25, -0.2) is 0 Å². The molecule has 92 valence electrons. The number of hydrogen-bond acceptors (Lipinski definition) is 2. The quantitative estimate of drug-likeness (QED) is 0.871. The number of nitrogens with one attached hydrogen (secondary N) is 1. The van der Waals surface area contributed by atoms with Crippen LogP contribution in [0.25, 0.3) is 0 Å². The van der Waals surface area contributed by atoms with Crippen LogP contribution in [0.3, 0.4) is 0 Å². The maximum absolute atomic E-state index is 11.8. The summed E-state index contributed by atoms with van der Waals surface area (Å²) in [5, 5.41) is 3.01. The molecule has 2 rings (SSSR count). The van der Waals surface area contributed by atoms with Crippen LogP contribution in [0.5, 0.6) is 0 Å². The first kappa shape index (κ1) is 12.1. The molecule has 1 saturated heterocycles. The fraction of sp³-hybridized carbons (Fsp3) is 0.500. The number of carbonyl (C=O) groups is 1. The molecule has 0 aromatic heterocycles. The van der Waals surface area contributed by atoms with E-state index >= 15 is 0 Å². The van der Waals surface area contributed by atoms with Gasteiger partial charge in [0.25, 0.3) is 0 Å². The van der Waals surface area contributed by atoms with Crippen molar-refractivity contribution in [2.45, 2.75) is 27.2 Å². The smallest absolute Gasteiger partial charge is 0.224 e. The number of rotatable bonds is 3. The Labute approximate surface area is 102 Å². The Morgan fingerprint density at radius 2 is 1.88 bits per heavy atom. The van der Waals surface area contributed by atoms with Crippen molar-refractivity contribution in [1.82, 2.24) is 0 Å². The molecular weight excluding hydrogens is 214 g/mol. The molecule has 17 heavy (non-hydrogen) atoms. The summed E-state index contributed by atoms with van der Waals surface area (Å²) in [6.07, 6.45) is 0.562. The van der Waals surface area contributed by atoms with Crippen molar-refractivity contribution >= 4 is 11.6 Å². The second-order valence-electron chi connectivity index (χ2n) is 4.93. The van der Waals surface area contributed by atoms with E-state index in [0.717, 1.165) is 30.0 Å². The lowest BCUT2D eigenvalue weighted by atomic mass is 10.0. The zero-order valence-corrected chi connectivity index (χ0v) is 10.7. The predicted octanol–water partition coefficient (Wildman–Crippen LogP) is 2.59. The van der Waals surface area contributed by atoms with Gasteiger partial charge in [0, 0.05) is 18.0 Å². The van der Waals surface area contributed by atoms with E-state index in [4.69, 9.17) is 4.74 Å². The maximum Gasteiger partial charge on any atom is 0.224 e. The van der Waals surface area contributed by atoms with Gasteiger partial charge < -0.3 is 10.1 Å². The van der Waals surface area contributed by atoms with Gasteiger partial charge in [-0.15, -0.1) is 0 Å². The average Bonchev–Trinajstić information content (AvgIpc) is 2.17. The molecule has 1 aromatic carbocycles. The van der Waals surface area contributed by atoms with Crippen LogP contribution in [0.15, 0.2) is 12.1 Å². The molecule has 1 N–H and O–H groups in total. The molecule has 1 aliphatic rings. The van der Waals surface area contributed by atoms with Gasteiger partial charge in [-0.1, -0.05) is 17.7 Å². The minimum atomic E-state index is 0.0911. The molecule has 1 aliphatic heterocycles. The number of benzene rings is 1. The Bertz CT molecular complexity index is 413. The molecule has 1 heterocycles. The Balaban J connectivity index is 2.04.